The second-order valence-electron chi connectivity index (χ2n) is 5.08. The van der Waals surface area contributed by atoms with E-state index in [4.69, 9.17) is 5.11 Å². The van der Waals surface area contributed by atoms with Crippen LogP contribution in [0.4, 0.5) is 0 Å². The minimum absolute atomic E-state index is 0.134. The van der Waals surface area contributed by atoms with Crippen molar-refractivity contribution < 1.29 is 14.7 Å². The van der Waals surface area contributed by atoms with Crippen LogP contribution in [-0.4, -0.2) is 32.7 Å². The van der Waals surface area contributed by atoms with Crippen molar-refractivity contribution in [3.05, 3.63) is 30.0 Å². The molecule has 0 spiro atoms. The number of carbonyl (C=O) groups is 2. The van der Waals surface area contributed by atoms with Crippen LogP contribution in [-0.2, 0) is 4.79 Å². The number of hydrogen-bond donors (Lipinski definition) is 3. The van der Waals surface area contributed by atoms with E-state index in [0.717, 1.165) is 10.9 Å². The molecule has 0 aliphatic rings. The summed E-state index contributed by atoms with van der Waals surface area (Å²) in [6.45, 7) is 3.35. The molecule has 0 saturated carbocycles. The summed E-state index contributed by atoms with van der Waals surface area (Å²) < 4.78 is 0. The smallest absolute Gasteiger partial charge is 0.305 e. The van der Waals surface area contributed by atoms with Gasteiger partial charge in [-0.3, -0.25) is 14.7 Å². The number of nitrogens with one attached hydrogen (secondary N) is 2. The van der Waals surface area contributed by atoms with E-state index < -0.39 is 11.5 Å². The van der Waals surface area contributed by atoms with Crippen LogP contribution in [0.15, 0.2) is 24.4 Å². The van der Waals surface area contributed by atoms with Gasteiger partial charge in [0.05, 0.1) is 18.1 Å². The van der Waals surface area contributed by atoms with Crippen LogP contribution in [0, 0.1) is 0 Å². The average molecular weight is 261 g/mol. The van der Waals surface area contributed by atoms with Crippen LogP contribution in [0.5, 0.6) is 0 Å². The summed E-state index contributed by atoms with van der Waals surface area (Å²) in [5.74, 6) is -1.25. The lowest BCUT2D eigenvalue weighted by atomic mass is 10.00. The van der Waals surface area contributed by atoms with Gasteiger partial charge in [-0.25, -0.2) is 0 Å². The number of carboxylic acid groups (broad SMARTS) is 1. The topological polar surface area (TPSA) is 95.1 Å². The Morgan fingerprint density at radius 3 is 2.84 bits per heavy atom. The first-order valence-electron chi connectivity index (χ1n) is 5.85. The SMILES string of the molecule is CC(C)(CC(=O)O)NC(=O)c1ccc2cn[nH]c2c1. The maximum Gasteiger partial charge on any atom is 0.305 e. The maximum atomic E-state index is 12.1. The molecule has 1 heterocycles. The van der Waals surface area contributed by atoms with E-state index >= 15 is 0 Å². The van der Waals surface area contributed by atoms with Crippen LogP contribution < -0.4 is 5.32 Å². The molecule has 0 unspecified atom stereocenters. The van der Waals surface area contributed by atoms with Gasteiger partial charge in [0.15, 0.2) is 0 Å². The van der Waals surface area contributed by atoms with Crippen molar-refractivity contribution in [2.45, 2.75) is 25.8 Å². The van der Waals surface area contributed by atoms with Gasteiger partial charge in [-0.1, -0.05) is 6.07 Å². The average Bonchev–Trinajstić information content (AvgIpc) is 2.72. The molecule has 3 N–H and O–H groups in total. The summed E-state index contributed by atoms with van der Waals surface area (Å²) in [5, 5.41) is 19.1. The third-order valence-electron chi connectivity index (χ3n) is 2.75. The number of H-pyrrole nitrogens is 1. The number of aromatic amines is 1. The fourth-order valence-electron chi connectivity index (χ4n) is 1.88. The Morgan fingerprint density at radius 2 is 2.16 bits per heavy atom. The molecule has 0 saturated heterocycles. The molecule has 2 aromatic rings. The maximum absolute atomic E-state index is 12.1. The van der Waals surface area contributed by atoms with Crippen LogP contribution >= 0.6 is 0 Å². The molecule has 6 nitrogen and oxygen atoms in total. The normalized spacial score (nSPS) is 11.5. The highest BCUT2D eigenvalue weighted by Crippen LogP contribution is 2.15. The first kappa shape index (κ1) is 13.1. The summed E-state index contributed by atoms with van der Waals surface area (Å²) in [7, 11) is 0. The Balaban J connectivity index is 2.17. The highest BCUT2D eigenvalue weighted by atomic mass is 16.4. The van der Waals surface area contributed by atoms with E-state index in [1.165, 1.54) is 0 Å². The van der Waals surface area contributed by atoms with Gasteiger partial charge in [-0.2, -0.15) is 5.10 Å². The number of fused-ring (bicyclic) bond motifs is 1. The molecule has 1 amide bonds. The number of aromatic nitrogens is 2. The second-order valence-corrected chi connectivity index (χ2v) is 5.08. The van der Waals surface area contributed by atoms with Crippen LogP contribution in [0.3, 0.4) is 0 Å². The van der Waals surface area contributed by atoms with Crippen LogP contribution in [0.25, 0.3) is 10.9 Å². The highest BCUT2D eigenvalue weighted by molar-refractivity contribution is 5.98. The molecular weight excluding hydrogens is 246 g/mol. The van der Waals surface area contributed by atoms with Crippen LogP contribution in [0.1, 0.15) is 30.6 Å². The molecule has 2 rings (SSSR count). The zero-order valence-corrected chi connectivity index (χ0v) is 10.7. The highest BCUT2D eigenvalue weighted by Gasteiger charge is 2.24. The molecule has 0 radical (unpaired) electrons. The quantitative estimate of drug-likeness (QED) is 0.778. The minimum Gasteiger partial charge on any atom is -0.481 e. The van der Waals surface area contributed by atoms with Crippen molar-refractivity contribution in [1.82, 2.24) is 15.5 Å². The molecule has 0 aliphatic heterocycles. The monoisotopic (exact) mass is 261 g/mol. The lowest BCUT2D eigenvalue weighted by Gasteiger charge is -2.24. The van der Waals surface area contributed by atoms with E-state index in [0.29, 0.717) is 5.56 Å². The standard InChI is InChI=1S/C13H15N3O3/c1-13(2,6-11(17)18)15-12(19)8-3-4-9-7-14-16-10(9)5-8/h3-5,7H,6H2,1-2H3,(H,14,16)(H,15,19)(H,17,18). The van der Waals surface area contributed by atoms with E-state index in [1.807, 2.05) is 0 Å². The molecule has 0 aliphatic carbocycles. The van der Waals surface area contributed by atoms with Gasteiger partial charge in [0, 0.05) is 16.5 Å². The Morgan fingerprint density at radius 1 is 1.42 bits per heavy atom. The van der Waals surface area contributed by atoms with E-state index in [2.05, 4.69) is 15.5 Å². The van der Waals surface area contributed by atoms with Gasteiger partial charge in [-0.05, 0) is 26.0 Å². The summed E-state index contributed by atoms with van der Waals surface area (Å²) in [5.41, 5.74) is 0.435. The van der Waals surface area contributed by atoms with Crippen molar-refractivity contribution in [1.29, 1.82) is 0 Å². The molecule has 0 fully saturated rings. The van der Waals surface area contributed by atoms with Gasteiger partial charge in [0.2, 0.25) is 0 Å². The van der Waals surface area contributed by atoms with Crippen LogP contribution in [0.2, 0.25) is 0 Å². The van der Waals surface area contributed by atoms with Gasteiger partial charge < -0.3 is 10.4 Å². The van der Waals surface area contributed by atoms with Crippen molar-refractivity contribution >= 4 is 22.8 Å². The summed E-state index contributed by atoms with van der Waals surface area (Å²) >= 11 is 0. The fourth-order valence-corrected chi connectivity index (χ4v) is 1.88. The number of amides is 1. The Hall–Kier alpha value is -2.37. The lowest BCUT2D eigenvalue weighted by Crippen LogP contribution is -2.44. The molecule has 0 bridgehead atoms. The minimum atomic E-state index is -0.950. The molecule has 0 atom stereocenters. The summed E-state index contributed by atoms with van der Waals surface area (Å²) in [6.07, 6.45) is 1.54. The predicted molar refractivity (Wildman–Crippen MR) is 69.9 cm³/mol. The first-order valence-corrected chi connectivity index (χ1v) is 5.85. The Labute approximate surface area is 109 Å². The van der Waals surface area contributed by atoms with Crippen molar-refractivity contribution in [3.8, 4) is 0 Å². The number of benzene rings is 1. The Bertz CT molecular complexity index is 631. The summed E-state index contributed by atoms with van der Waals surface area (Å²) in [4.78, 5) is 22.8. The van der Waals surface area contributed by atoms with Gasteiger partial charge in [-0.15, -0.1) is 0 Å². The van der Waals surface area contributed by atoms with Crippen molar-refractivity contribution in [3.63, 3.8) is 0 Å². The number of carboxylic acids is 1. The lowest BCUT2D eigenvalue weighted by molar-refractivity contribution is -0.138. The van der Waals surface area contributed by atoms with Crippen molar-refractivity contribution in [2.24, 2.45) is 0 Å². The summed E-state index contributed by atoms with van der Waals surface area (Å²) in [6, 6.07) is 5.16. The molecule has 19 heavy (non-hydrogen) atoms. The van der Waals surface area contributed by atoms with E-state index in [-0.39, 0.29) is 12.3 Å². The van der Waals surface area contributed by atoms with Gasteiger partial charge in [0.25, 0.3) is 5.91 Å². The number of aliphatic carboxylic acids is 1. The van der Waals surface area contributed by atoms with E-state index in [1.54, 1.807) is 38.2 Å². The van der Waals surface area contributed by atoms with Gasteiger partial charge in [0.1, 0.15) is 0 Å². The number of nitrogens with zero attached hydrogens (tertiary/aromatic N) is 1. The largest absolute Gasteiger partial charge is 0.481 e. The molecule has 1 aromatic carbocycles. The second kappa shape index (κ2) is 4.72. The molecular formula is C13H15N3O3. The van der Waals surface area contributed by atoms with Crippen molar-refractivity contribution in [2.75, 3.05) is 0 Å². The Kier molecular flexibility index (Phi) is 3.25. The number of rotatable bonds is 4. The zero-order chi connectivity index (χ0) is 14.0. The zero-order valence-electron chi connectivity index (χ0n) is 10.7. The molecule has 1 aromatic heterocycles. The molecule has 6 heteroatoms. The molecule has 100 valence electrons. The third-order valence-corrected chi connectivity index (χ3v) is 2.75. The number of carbonyl (C=O) groups excluding carboxylic acids is 1. The number of hydrogen-bond acceptors (Lipinski definition) is 3. The van der Waals surface area contributed by atoms with Gasteiger partial charge >= 0.3 is 5.97 Å². The first-order chi connectivity index (χ1) is 8.87. The van der Waals surface area contributed by atoms with E-state index in [9.17, 15) is 9.59 Å². The third kappa shape index (κ3) is 3.09. The fraction of sp³-hybridized carbons (Fsp3) is 0.308. The predicted octanol–water partition coefficient (Wildman–Crippen LogP) is 1.55.